The smallest absolute Gasteiger partial charge is 0.152 e. The second kappa shape index (κ2) is 3.72. The van der Waals surface area contributed by atoms with Crippen LogP contribution in [0.15, 0.2) is 0 Å². The maximum Gasteiger partial charge on any atom is 0.152 e. The molecule has 1 fully saturated rings. The molecule has 0 saturated carbocycles. The lowest BCUT2D eigenvalue weighted by molar-refractivity contribution is -0.0459. The first-order valence-corrected chi connectivity index (χ1v) is 5.97. The number of hydrogen-bond acceptors (Lipinski definition) is 3. The Morgan fingerprint density at radius 3 is 2.25 bits per heavy atom. The number of rotatable bonds is 2. The van der Waals surface area contributed by atoms with Gasteiger partial charge in [-0.05, 0) is 6.42 Å². The molecule has 5 heteroatoms. The normalized spacial score (nSPS) is 26.8. The van der Waals surface area contributed by atoms with Crippen LogP contribution in [0.4, 0.5) is 0 Å². The predicted octanol–water partition coefficient (Wildman–Crippen LogP) is -0.117. The monoisotopic (exact) mass is 192 g/mol. The molecular formula is C7H14NO3S. The SMILES string of the molecule is CCC([O])N1CCS(=O)(=O)CC1. The van der Waals surface area contributed by atoms with Gasteiger partial charge in [0, 0.05) is 13.1 Å². The van der Waals surface area contributed by atoms with Crippen molar-refractivity contribution in [1.29, 1.82) is 0 Å². The van der Waals surface area contributed by atoms with Crippen molar-refractivity contribution in [3.63, 3.8) is 0 Å². The van der Waals surface area contributed by atoms with Crippen molar-refractivity contribution in [2.24, 2.45) is 0 Å². The van der Waals surface area contributed by atoms with Crippen LogP contribution in [0.3, 0.4) is 0 Å². The molecule has 1 aliphatic rings. The summed E-state index contributed by atoms with van der Waals surface area (Å²) in [5.41, 5.74) is 0. The molecular weight excluding hydrogens is 178 g/mol. The molecule has 12 heavy (non-hydrogen) atoms. The Morgan fingerprint density at radius 2 is 1.83 bits per heavy atom. The third kappa shape index (κ3) is 2.43. The quantitative estimate of drug-likeness (QED) is 0.613. The number of sulfone groups is 1. The van der Waals surface area contributed by atoms with Crippen LogP contribution >= 0.6 is 0 Å². The highest BCUT2D eigenvalue weighted by Crippen LogP contribution is 2.08. The first-order chi connectivity index (χ1) is 5.55. The molecule has 71 valence electrons. The van der Waals surface area contributed by atoms with Crippen molar-refractivity contribution in [1.82, 2.24) is 4.90 Å². The molecule has 1 unspecified atom stereocenters. The summed E-state index contributed by atoms with van der Waals surface area (Å²) < 4.78 is 22.0. The summed E-state index contributed by atoms with van der Waals surface area (Å²) in [6.45, 7) is 2.63. The Hall–Kier alpha value is -0.130. The summed E-state index contributed by atoms with van der Waals surface area (Å²) in [5.74, 6) is 0.289. The molecule has 0 amide bonds. The van der Waals surface area contributed by atoms with Crippen LogP contribution in [0.5, 0.6) is 0 Å². The average Bonchev–Trinajstić information content (AvgIpc) is 2.03. The summed E-state index contributed by atoms with van der Waals surface area (Å²) in [6, 6.07) is 0. The van der Waals surface area contributed by atoms with Crippen LogP contribution in [0.2, 0.25) is 0 Å². The van der Waals surface area contributed by atoms with Crippen LogP contribution in [0.1, 0.15) is 13.3 Å². The first kappa shape index (κ1) is 9.95. The summed E-state index contributed by atoms with van der Waals surface area (Å²) in [5, 5.41) is 11.2. The maximum atomic E-state index is 11.2. The third-order valence-corrected chi connectivity index (χ3v) is 3.74. The fourth-order valence-corrected chi connectivity index (χ4v) is 2.50. The molecule has 1 atom stereocenters. The molecule has 0 aromatic rings. The van der Waals surface area contributed by atoms with E-state index in [4.69, 9.17) is 0 Å². The Labute approximate surface area is 73.1 Å². The lowest BCUT2D eigenvalue weighted by Crippen LogP contribution is -2.45. The van der Waals surface area contributed by atoms with E-state index in [2.05, 4.69) is 0 Å². The molecule has 1 radical (unpaired) electrons. The van der Waals surface area contributed by atoms with Gasteiger partial charge in [0.1, 0.15) is 6.23 Å². The van der Waals surface area contributed by atoms with Crippen LogP contribution in [0, 0.1) is 0 Å². The molecule has 1 heterocycles. The van der Waals surface area contributed by atoms with Gasteiger partial charge in [0.2, 0.25) is 0 Å². The van der Waals surface area contributed by atoms with Gasteiger partial charge in [0.15, 0.2) is 9.84 Å². The Kier molecular flexibility index (Phi) is 3.09. The molecule has 0 N–H and O–H groups in total. The van der Waals surface area contributed by atoms with Gasteiger partial charge in [0.25, 0.3) is 0 Å². The molecule has 0 aromatic carbocycles. The first-order valence-electron chi connectivity index (χ1n) is 4.15. The van der Waals surface area contributed by atoms with Gasteiger partial charge in [0.05, 0.1) is 11.5 Å². The van der Waals surface area contributed by atoms with Crippen LogP contribution in [0.25, 0.3) is 0 Å². The molecule has 1 rings (SSSR count). The zero-order chi connectivity index (χ0) is 9.19. The molecule has 0 bridgehead atoms. The fourth-order valence-electron chi connectivity index (χ4n) is 1.27. The maximum absolute atomic E-state index is 11.2. The fraction of sp³-hybridized carbons (Fsp3) is 1.00. The minimum atomic E-state index is -2.84. The highest BCUT2D eigenvalue weighted by molar-refractivity contribution is 7.91. The van der Waals surface area contributed by atoms with Gasteiger partial charge >= 0.3 is 0 Å². The van der Waals surface area contributed by atoms with Crippen LogP contribution < -0.4 is 0 Å². The second-order valence-corrected chi connectivity index (χ2v) is 5.35. The van der Waals surface area contributed by atoms with Crippen molar-refractivity contribution >= 4 is 9.84 Å². The van der Waals surface area contributed by atoms with Gasteiger partial charge in [-0.25, -0.2) is 13.5 Å². The third-order valence-electron chi connectivity index (χ3n) is 2.14. The zero-order valence-electron chi connectivity index (χ0n) is 7.19. The highest BCUT2D eigenvalue weighted by Gasteiger charge is 2.25. The minimum absolute atomic E-state index is 0.145. The van der Waals surface area contributed by atoms with E-state index < -0.39 is 16.1 Å². The Balaban J connectivity index is 2.46. The lowest BCUT2D eigenvalue weighted by Gasteiger charge is -2.28. The van der Waals surface area contributed by atoms with E-state index in [1.807, 2.05) is 6.92 Å². The molecule has 4 nitrogen and oxygen atoms in total. The lowest BCUT2D eigenvalue weighted by atomic mass is 10.3. The van der Waals surface area contributed by atoms with E-state index >= 15 is 0 Å². The number of nitrogens with zero attached hydrogens (tertiary/aromatic N) is 1. The summed E-state index contributed by atoms with van der Waals surface area (Å²) in [7, 11) is -2.84. The van der Waals surface area contributed by atoms with E-state index in [9.17, 15) is 13.5 Å². The number of hydrogen-bond donors (Lipinski definition) is 0. The minimum Gasteiger partial charge on any atom is -0.274 e. The van der Waals surface area contributed by atoms with Gasteiger partial charge in [-0.2, -0.15) is 0 Å². The van der Waals surface area contributed by atoms with Crippen molar-refractivity contribution in [2.75, 3.05) is 24.6 Å². The van der Waals surface area contributed by atoms with Crippen molar-refractivity contribution in [3.05, 3.63) is 0 Å². The molecule has 1 aliphatic heterocycles. The summed E-state index contributed by atoms with van der Waals surface area (Å²) in [4.78, 5) is 1.70. The molecule has 1 saturated heterocycles. The van der Waals surface area contributed by atoms with Crippen molar-refractivity contribution in [2.45, 2.75) is 19.6 Å². The van der Waals surface area contributed by atoms with E-state index in [1.165, 1.54) is 0 Å². The molecule has 0 spiro atoms. The van der Waals surface area contributed by atoms with E-state index in [-0.39, 0.29) is 11.5 Å². The van der Waals surface area contributed by atoms with Crippen molar-refractivity contribution in [3.8, 4) is 0 Å². The van der Waals surface area contributed by atoms with E-state index in [1.54, 1.807) is 4.90 Å². The predicted molar refractivity (Wildman–Crippen MR) is 45.0 cm³/mol. The Morgan fingerprint density at radius 1 is 1.33 bits per heavy atom. The Bertz CT molecular complexity index is 223. The summed E-state index contributed by atoms with van der Waals surface area (Å²) >= 11 is 0. The van der Waals surface area contributed by atoms with Crippen molar-refractivity contribution < 1.29 is 13.5 Å². The van der Waals surface area contributed by atoms with E-state index in [0.29, 0.717) is 19.5 Å². The van der Waals surface area contributed by atoms with Crippen LogP contribution in [-0.2, 0) is 14.9 Å². The largest absolute Gasteiger partial charge is 0.274 e. The second-order valence-electron chi connectivity index (χ2n) is 3.05. The standard InChI is InChI=1S/C7H14NO3S/c1-2-7(9)8-3-5-12(10,11)6-4-8/h7H,2-6H2,1H3. The molecule has 0 aromatic heterocycles. The summed E-state index contributed by atoms with van der Waals surface area (Å²) in [6.07, 6.45) is -0.180. The van der Waals surface area contributed by atoms with Gasteiger partial charge in [-0.15, -0.1) is 0 Å². The molecule has 0 aliphatic carbocycles. The topological polar surface area (TPSA) is 57.3 Å². The van der Waals surface area contributed by atoms with Gasteiger partial charge in [-0.1, -0.05) is 6.92 Å². The van der Waals surface area contributed by atoms with Gasteiger partial charge in [-0.3, -0.25) is 4.90 Å². The van der Waals surface area contributed by atoms with E-state index in [0.717, 1.165) is 0 Å². The van der Waals surface area contributed by atoms with Crippen LogP contribution in [-0.4, -0.2) is 44.1 Å². The van der Waals surface area contributed by atoms with Gasteiger partial charge < -0.3 is 0 Å². The zero-order valence-corrected chi connectivity index (χ0v) is 8.01. The highest BCUT2D eigenvalue weighted by atomic mass is 32.2. The average molecular weight is 192 g/mol.